The molecule has 4 rings (SSSR count). The Kier molecular flexibility index (Phi) is 5.88. The summed E-state index contributed by atoms with van der Waals surface area (Å²) in [4.78, 5) is 24.4. The summed E-state index contributed by atoms with van der Waals surface area (Å²) in [5.74, 6) is 1.27. The van der Waals surface area contributed by atoms with Crippen LogP contribution in [0, 0.1) is 0 Å². The van der Waals surface area contributed by atoms with Gasteiger partial charge in [-0.25, -0.2) is 4.79 Å². The van der Waals surface area contributed by atoms with E-state index >= 15 is 0 Å². The second kappa shape index (κ2) is 8.90. The molecular formula is C23H24N4O3. The molecule has 7 heteroatoms. The van der Waals surface area contributed by atoms with Gasteiger partial charge in [0.15, 0.2) is 0 Å². The Hall–Kier alpha value is -3.48. The third-order valence-corrected chi connectivity index (χ3v) is 5.41. The number of carbonyl (C=O) groups is 2. The zero-order valence-corrected chi connectivity index (χ0v) is 16.9. The number of nitrogens with zero attached hydrogens (tertiary/aromatic N) is 3. The standard InChI is InChI=1S/C23H24N4O3/c1-30-23(29)18-9-5-8-17(15-18)22(28)24-19-10-11-20-25-26-21(27(20)13-12-19)14-16-6-3-2-4-7-16/h2-9,15,19H,10-14H2,1H3,(H,24,28). The maximum Gasteiger partial charge on any atom is 0.337 e. The fourth-order valence-electron chi connectivity index (χ4n) is 3.78. The van der Waals surface area contributed by atoms with Gasteiger partial charge >= 0.3 is 5.97 Å². The van der Waals surface area contributed by atoms with Crippen molar-refractivity contribution >= 4 is 11.9 Å². The molecular weight excluding hydrogens is 380 g/mol. The SMILES string of the molecule is COC(=O)c1cccc(C(=O)NC2CCc3nnc(Cc4ccccc4)n3CC2)c1. The highest BCUT2D eigenvalue weighted by Gasteiger charge is 2.22. The van der Waals surface area contributed by atoms with Gasteiger partial charge in [0.25, 0.3) is 5.91 Å². The van der Waals surface area contributed by atoms with E-state index in [9.17, 15) is 9.59 Å². The molecule has 1 aliphatic heterocycles. The molecule has 0 aliphatic carbocycles. The smallest absolute Gasteiger partial charge is 0.337 e. The van der Waals surface area contributed by atoms with Crippen molar-refractivity contribution in [2.45, 2.75) is 38.3 Å². The second-order valence-corrected chi connectivity index (χ2v) is 7.42. The maximum atomic E-state index is 12.7. The molecule has 0 fully saturated rings. The number of aryl methyl sites for hydroxylation is 1. The first kappa shape index (κ1) is 19.8. The van der Waals surface area contributed by atoms with E-state index in [1.165, 1.54) is 12.7 Å². The average molecular weight is 404 g/mol. The molecule has 0 saturated heterocycles. The molecule has 154 valence electrons. The summed E-state index contributed by atoms with van der Waals surface area (Å²) in [7, 11) is 1.32. The minimum absolute atomic E-state index is 0.0329. The largest absolute Gasteiger partial charge is 0.465 e. The molecule has 2 aromatic carbocycles. The summed E-state index contributed by atoms with van der Waals surface area (Å²) >= 11 is 0. The van der Waals surface area contributed by atoms with Crippen LogP contribution in [0.1, 0.15) is 50.8 Å². The Labute approximate surface area is 175 Å². The lowest BCUT2D eigenvalue weighted by atomic mass is 10.1. The van der Waals surface area contributed by atoms with Crippen LogP contribution in [0.5, 0.6) is 0 Å². The molecule has 1 aromatic heterocycles. The lowest BCUT2D eigenvalue weighted by Gasteiger charge is -2.16. The van der Waals surface area contributed by atoms with Crippen LogP contribution in [-0.2, 0) is 24.1 Å². The molecule has 0 bridgehead atoms. The van der Waals surface area contributed by atoms with Crippen molar-refractivity contribution in [2.75, 3.05) is 7.11 Å². The topological polar surface area (TPSA) is 86.1 Å². The number of fused-ring (bicyclic) bond motifs is 1. The van der Waals surface area contributed by atoms with E-state index in [2.05, 4.69) is 32.2 Å². The first-order chi connectivity index (χ1) is 14.6. The van der Waals surface area contributed by atoms with Gasteiger partial charge in [0, 0.05) is 31.0 Å². The summed E-state index contributed by atoms with van der Waals surface area (Å²) in [6.45, 7) is 0.762. The molecule has 0 saturated carbocycles. The zero-order chi connectivity index (χ0) is 20.9. The number of methoxy groups -OCH3 is 1. The van der Waals surface area contributed by atoms with Crippen LogP contribution >= 0.6 is 0 Å². The highest BCUT2D eigenvalue weighted by molar-refractivity contribution is 5.98. The highest BCUT2D eigenvalue weighted by atomic mass is 16.5. The van der Waals surface area contributed by atoms with Gasteiger partial charge in [0.1, 0.15) is 11.6 Å². The molecule has 1 aliphatic rings. The molecule has 3 aromatic rings. The molecule has 2 heterocycles. The average Bonchev–Trinajstić information content (AvgIpc) is 3.05. The number of aromatic nitrogens is 3. The number of nitrogens with one attached hydrogen (secondary N) is 1. The van der Waals surface area contributed by atoms with Crippen LogP contribution < -0.4 is 5.32 Å². The Bertz CT molecular complexity index is 1050. The van der Waals surface area contributed by atoms with Gasteiger partial charge in [-0.1, -0.05) is 36.4 Å². The normalized spacial score (nSPS) is 15.7. The number of rotatable bonds is 5. The lowest BCUT2D eigenvalue weighted by Crippen LogP contribution is -2.35. The molecule has 30 heavy (non-hydrogen) atoms. The maximum absolute atomic E-state index is 12.7. The number of esters is 1. The van der Waals surface area contributed by atoms with Gasteiger partial charge in [0.2, 0.25) is 0 Å². The van der Waals surface area contributed by atoms with Crippen molar-refractivity contribution in [1.82, 2.24) is 20.1 Å². The third-order valence-electron chi connectivity index (χ3n) is 5.41. The third kappa shape index (κ3) is 4.40. The van der Waals surface area contributed by atoms with Crippen LogP contribution in [0.3, 0.4) is 0 Å². The molecule has 1 atom stereocenters. The fraction of sp³-hybridized carbons (Fsp3) is 0.304. The minimum atomic E-state index is -0.456. The Morgan fingerprint density at radius 2 is 1.87 bits per heavy atom. The second-order valence-electron chi connectivity index (χ2n) is 7.42. The van der Waals surface area contributed by atoms with Gasteiger partial charge < -0.3 is 14.6 Å². The van der Waals surface area contributed by atoms with Crippen molar-refractivity contribution in [3.63, 3.8) is 0 Å². The van der Waals surface area contributed by atoms with Crippen molar-refractivity contribution in [3.8, 4) is 0 Å². The van der Waals surface area contributed by atoms with Crippen molar-refractivity contribution < 1.29 is 14.3 Å². The van der Waals surface area contributed by atoms with Crippen molar-refractivity contribution in [2.24, 2.45) is 0 Å². The van der Waals surface area contributed by atoms with Crippen LogP contribution in [-0.4, -0.2) is 39.8 Å². The number of amides is 1. The van der Waals surface area contributed by atoms with Crippen LogP contribution in [0.15, 0.2) is 54.6 Å². The first-order valence-corrected chi connectivity index (χ1v) is 10.1. The van der Waals surface area contributed by atoms with Crippen molar-refractivity contribution in [1.29, 1.82) is 0 Å². The Morgan fingerprint density at radius 1 is 1.07 bits per heavy atom. The van der Waals surface area contributed by atoms with E-state index in [0.29, 0.717) is 11.1 Å². The predicted octanol–water partition coefficient (Wildman–Crippen LogP) is 2.79. The summed E-state index contributed by atoms with van der Waals surface area (Å²) in [5, 5.41) is 11.9. The number of ether oxygens (including phenoxy) is 1. The number of benzene rings is 2. The molecule has 1 N–H and O–H groups in total. The monoisotopic (exact) mass is 404 g/mol. The Morgan fingerprint density at radius 3 is 2.67 bits per heavy atom. The van der Waals surface area contributed by atoms with E-state index in [0.717, 1.165) is 43.9 Å². The van der Waals surface area contributed by atoms with Crippen LogP contribution in [0.25, 0.3) is 0 Å². The number of hydrogen-bond acceptors (Lipinski definition) is 5. The molecule has 0 radical (unpaired) electrons. The first-order valence-electron chi connectivity index (χ1n) is 10.1. The molecule has 7 nitrogen and oxygen atoms in total. The quantitative estimate of drug-likeness (QED) is 0.661. The van der Waals surface area contributed by atoms with Gasteiger partial charge in [0.05, 0.1) is 12.7 Å². The van der Waals surface area contributed by atoms with Gasteiger partial charge in [-0.3, -0.25) is 4.79 Å². The fourth-order valence-corrected chi connectivity index (χ4v) is 3.78. The van der Waals surface area contributed by atoms with Gasteiger partial charge in [-0.2, -0.15) is 0 Å². The summed E-state index contributed by atoms with van der Waals surface area (Å²) < 4.78 is 6.91. The van der Waals surface area contributed by atoms with Crippen LogP contribution in [0.2, 0.25) is 0 Å². The predicted molar refractivity (Wildman–Crippen MR) is 111 cm³/mol. The molecule has 1 amide bonds. The van der Waals surface area contributed by atoms with Crippen molar-refractivity contribution in [3.05, 3.63) is 82.9 Å². The van der Waals surface area contributed by atoms with Gasteiger partial charge in [-0.15, -0.1) is 10.2 Å². The molecule has 0 spiro atoms. The van der Waals surface area contributed by atoms with E-state index < -0.39 is 5.97 Å². The summed E-state index contributed by atoms with van der Waals surface area (Å²) in [6, 6.07) is 16.8. The van der Waals surface area contributed by atoms with E-state index in [1.807, 2.05) is 18.2 Å². The zero-order valence-electron chi connectivity index (χ0n) is 16.9. The van der Waals surface area contributed by atoms with E-state index in [1.54, 1.807) is 24.3 Å². The summed E-state index contributed by atoms with van der Waals surface area (Å²) in [5.41, 5.74) is 2.02. The minimum Gasteiger partial charge on any atom is -0.465 e. The Balaban J connectivity index is 1.41. The highest BCUT2D eigenvalue weighted by Crippen LogP contribution is 2.18. The molecule has 1 unspecified atom stereocenters. The van der Waals surface area contributed by atoms with Gasteiger partial charge in [-0.05, 0) is 36.6 Å². The lowest BCUT2D eigenvalue weighted by molar-refractivity contribution is 0.0600. The number of hydrogen-bond donors (Lipinski definition) is 1. The summed E-state index contributed by atoms with van der Waals surface area (Å²) in [6.07, 6.45) is 3.10. The van der Waals surface area contributed by atoms with E-state index in [4.69, 9.17) is 4.74 Å². The van der Waals surface area contributed by atoms with E-state index in [-0.39, 0.29) is 11.9 Å². The number of carbonyl (C=O) groups excluding carboxylic acids is 2. The van der Waals surface area contributed by atoms with Crippen LogP contribution in [0.4, 0.5) is 0 Å².